The highest BCUT2D eigenvalue weighted by Crippen LogP contribution is 2.19. The Kier molecular flexibility index (Phi) is 2.98. The Hall–Kier alpha value is -1.00. The molecule has 0 aliphatic rings. The summed E-state index contributed by atoms with van der Waals surface area (Å²) in [5.41, 5.74) is 6.92. The van der Waals surface area contributed by atoms with Crippen LogP contribution in [0.2, 0.25) is 5.02 Å². The Morgan fingerprint density at radius 1 is 1.33 bits per heavy atom. The lowest BCUT2D eigenvalue weighted by atomic mass is 10.2. The van der Waals surface area contributed by atoms with Crippen molar-refractivity contribution in [3.8, 4) is 0 Å². The summed E-state index contributed by atoms with van der Waals surface area (Å²) in [6.07, 6.45) is 1.69. The Balaban J connectivity index is 2.22. The number of hydrogen-bond acceptors (Lipinski definition) is 2. The quantitative estimate of drug-likeness (QED) is 0.922. The summed E-state index contributed by atoms with van der Waals surface area (Å²) in [7, 11) is 0. The van der Waals surface area contributed by atoms with Gasteiger partial charge in [0.1, 0.15) is 5.82 Å². The first-order valence-corrected chi connectivity index (χ1v) is 5.55. The minimum atomic E-state index is 0.630. The summed E-state index contributed by atoms with van der Waals surface area (Å²) in [5.74, 6) is 0.630. The van der Waals surface area contributed by atoms with Crippen LogP contribution in [-0.2, 0) is 6.54 Å². The molecule has 5 heteroatoms. The van der Waals surface area contributed by atoms with Crippen molar-refractivity contribution in [1.82, 2.24) is 9.78 Å². The standard InChI is InChI=1S/C10H9BrClN3/c11-9-5-14-15(10(9)13)6-7-1-3-8(12)4-2-7/h1-5H,6,13H2. The number of anilines is 1. The number of nitrogen functional groups attached to an aromatic ring is 1. The Morgan fingerprint density at radius 3 is 2.53 bits per heavy atom. The highest BCUT2D eigenvalue weighted by molar-refractivity contribution is 9.10. The fraction of sp³-hybridized carbons (Fsp3) is 0.100. The van der Waals surface area contributed by atoms with Gasteiger partial charge in [-0.2, -0.15) is 5.10 Å². The maximum atomic E-state index is 5.81. The Bertz CT molecular complexity index is 464. The third kappa shape index (κ3) is 2.33. The number of hydrogen-bond donors (Lipinski definition) is 1. The van der Waals surface area contributed by atoms with Crippen LogP contribution in [-0.4, -0.2) is 9.78 Å². The van der Waals surface area contributed by atoms with E-state index in [-0.39, 0.29) is 0 Å². The van der Waals surface area contributed by atoms with Crippen molar-refractivity contribution in [2.45, 2.75) is 6.54 Å². The second-order valence-electron chi connectivity index (χ2n) is 3.16. The molecule has 3 nitrogen and oxygen atoms in total. The van der Waals surface area contributed by atoms with Crippen LogP contribution in [0.25, 0.3) is 0 Å². The molecule has 0 unspecified atom stereocenters. The van der Waals surface area contributed by atoms with E-state index in [0.717, 1.165) is 15.1 Å². The molecule has 0 saturated heterocycles. The average molecular weight is 287 g/mol. The number of halogens is 2. The van der Waals surface area contributed by atoms with Crippen molar-refractivity contribution >= 4 is 33.3 Å². The van der Waals surface area contributed by atoms with E-state index in [9.17, 15) is 0 Å². The normalized spacial score (nSPS) is 10.5. The molecule has 0 atom stereocenters. The van der Waals surface area contributed by atoms with Gasteiger partial charge in [-0.15, -0.1) is 0 Å². The number of nitrogens with zero attached hydrogens (tertiary/aromatic N) is 2. The number of aromatic nitrogens is 2. The second-order valence-corrected chi connectivity index (χ2v) is 4.45. The second kappa shape index (κ2) is 4.24. The van der Waals surface area contributed by atoms with Crippen LogP contribution >= 0.6 is 27.5 Å². The van der Waals surface area contributed by atoms with Gasteiger partial charge in [-0.3, -0.25) is 0 Å². The summed E-state index contributed by atoms with van der Waals surface area (Å²) in [5, 5.41) is 4.87. The molecule has 0 fully saturated rings. The largest absolute Gasteiger partial charge is 0.383 e. The maximum Gasteiger partial charge on any atom is 0.136 e. The SMILES string of the molecule is Nc1c(Br)cnn1Cc1ccc(Cl)cc1. The maximum absolute atomic E-state index is 5.81. The van der Waals surface area contributed by atoms with Gasteiger partial charge in [-0.25, -0.2) is 4.68 Å². The van der Waals surface area contributed by atoms with Crippen molar-refractivity contribution in [1.29, 1.82) is 0 Å². The van der Waals surface area contributed by atoms with E-state index in [2.05, 4.69) is 21.0 Å². The van der Waals surface area contributed by atoms with E-state index in [4.69, 9.17) is 17.3 Å². The minimum Gasteiger partial charge on any atom is -0.383 e. The molecule has 2 N–H and O–H groups in total. The van der Waals surface area contributed by atoms with Gasteiger partial charge in [0.25, 0.3) is 0 Å². The molecule has 0 spiro atoms. The molecule has 0 aliphatic carbocycles. The van der Waals surface area contributed by atoms with Crippen LogP contribution in [0.4, 0.5) is 5.82 Å². The Labute approximate surface area is 101 Å². The number of nitrogens with two attached hydrogens (primary N) is 1. The zero-order valence-corrected chi connectivity index (χ0v) is 10.2. The van der Waals surface area contributed by atoms with Crippen LogP contribution in [0.3, 0.4) is 0 Å². The van der Waals surface area contributed by atoms with Gasteiger partial charge >= 0.3 is 0 Å². The molecule has 0 saturated carbocycles. The molecule has 2 aromatic rings. The van der Waals surface area contributed by atoms with E-state index in [0.29, 0.717) is 12.4 Å². The fourth-order valence-electron chi connectivity index (χ4n) is 1.26. The zero-order chi connectivity index (χ0) is 10.8. The van der Waals surface area contributed by atoms with E-state index in [1.807, 2.05) is 24.3 Å². The summed E-state index contributed by atoms with van der Waals surface area (Å²) >= 11 is 9.11. The lowest BCUT2D eigenvalue weighted by Crippen LogP contribution is -2.05. The van der Waals surface area contributed by atoms with Gasteiger partial charge < -0.3 is 5.73 Å². The molecule has 0 bridgehead atoms. The molecular weight excluding hydrogens is 277 g/mol. The summed E-state index contributed by atoms with van der Waals surface area (Å²) < 4.78 is 2.55. The van der Waals surface area contributed by atoms with E-state index in [1.54, 1.807) is 10.9 Å². The van der Waals surface area contributed by atoms with Gasteiger partial charge in [-0.1, -0.05) is 23.7 Å². The van der Waals surface area contributed by atoms with Gasteiger partial charge in [0, 0.05) is 5.02 Å². The van der Waals surface area contributed by atoms with E-state index in [1.165, 1.54) is 0 Å². The van der Waals surface area contributed by atoms with Crippen LogP contribution < -0.4 is 5.73 Å². The summed E-state index contributed by atoms with van der Waals surface area (Å²) in [4.78, 5) is 0. The molecule has 0 radical (unpaired) electrons. The van der Waals surface area contributed by atoms with Crippen molar-refractivity contribution in [2.75, 3.05) is 5.73 Å². The lowest BCUT2D eigenvalue weighted by molar-refractivity contribution is 0.697. The topological polar surface area (TPSA) is 43.8 Å². The number of benzene rings is 1. The van der Waals surface area contributed by atoms with Crippen LogP contribution in [0.5, 0.6) is 0 Å². The molecule has 0 amide bonds. The average Bonchev–Trinajstić information content (AvgIpc) is 2.53. The summed E-state index contributed by atoms with van der Waals surface area (Å²) in [6, 6.07) is 7.62. The molecule has 78 valence electrons. The predicted octanol–water partition coefficient (Wildman–Crippen LogP) is 2.93. The molecule has 1 aromatic carbocycles. The smallest absolute Gasteiger partial charge is 0.136 e. The van der Waals surface area contributed by atoms with Crippen molar-refractivity contribution in [3.63, 3.8) is 0 Å². The first-order chi connectivity index (χ1) is 7.16. The van der Waals surface area contributed by atoms with Crippen LogP contribution in [0, 0.1) is 0 Å². The molecule has 15 heavy (non-hydrogen) atoms. The minimum absolute atomic E-state index is 0.630. The third-order valence-corrected chi connectivity index (χ3v) is 2.94. The van der Waals surface area contributed by atoms with Gasteiger partial charge in [-0.05, 0) is 33.6 Å². The van der Waals surface area contributed by atoms with E-state index >= 15 is 0 Å². The van der Waals surface area contributed by atoms with Gasteiger partial charge in [0.2, 0.25) is 0 Å². The first kappa shape index (κ1) is 10.5. The first-order valence-electron chi connectivity index (χ1n) is 4.38. The van der Waals surface area contributed by atoms with Crippen molar-refractivity contribution < 1.29 is 0 Å². The fourth-order valence-corrected chi connectivity index (χ4v) is 1.68. The number of rotatable bonds is 2. The lowest BCUT2D eigenvalue weighted by Gasteiger charge is -2.04. The third-order valence-electron chi connectivity index (χ3n) is 2.08. The van der Waals surface area contributed by atoms with Crippen molar-refractivity contribution in [2.24, 2.45) is 0 Å². The van der Waals surface area contributed by atoms with Crippen molar-refractivity contribution in [3.05, 3.63) is 45.5 Å². The Morgan fingerprint density at radius 2 is 2.00 bits per heavy atom. The summed E-state index contributed by atoms with van der Waals surface area (Å²) in [6.45, 7) is 0.647. The monoisotopic (exact) mass is 285 g/mol. The predicted molar refractivity (Wildman–Crippen MR) is 64.9 cm³/mol. The van der Waals surface area contributed by atoms with E-state index < -0.39 is 0 Å². The van der Waals surface area contributed by atoms with Gasteiger partial charge in [0.15, 0.2) is 0 Å². The molecule has 1 heterocycles. The highest BCUT2D eigenvalue weighted by atomic mass is 79.9. The molecule has 1 aromatic heterocycles. The molecular formula is C10H9BrClN3. The van der Waals surface area contributed by atoms with Crippen LogP contribution in [0.1, 0.15) is 5.56 Å². The van der Waals surface area contributed by atoms with Gasteiger partial charge in [0.05, 0.1) is 17.2 Å². The molecule has 2 rings (SSSR count). The van der Waals surface area contributed by atoms with Crippen LogP contribution in [0.15, 0.2) is 34.9 Å². The molecule has 0 aliphatic heterocycles. The highest BCUT2D eigenvalue weighted by Gasteiger charge is 2.04. The zero-order valence-electron chi connectivity index (χ0n) is 7.82.